The third kappa shape index (κ3) is 6.05. The molecule has 0 aliphatic heterocycles. The van der Waals surface area contributed by atoms with Gasteiger partial charge in [0.2, 0.25) is 0 Å². The smallest absolute Gasteiger partial charge is 0.380 e. The average molecular weight is 493 g/mol. The van der Waals surface area contributed by atoms with Gasteiger partial charge >= 0.3 is 10.3 Å². The highest BCUT2D eigenvalue weighted by Gasteiger charge is 2.15. The van der Waals surface area contributed by atoms with E-state index in [1.807, 2.05) is 5.01 Å². The van der Waals surface area contributed by atoms with Crippen LogP contribution in [0.25, 0.3) is 0 Å². The van der Waals surface area contributed by atoms with Crippen LogP contribution in [0.1, 0.15) is 11.1 Å². The van der Waals surface area contributed by atoms with Crippen molar-refractivity contribution in [1.82, 2.24) is 14.9 Å². The van der Waals surface area contributed by atoms with Gasteiger partial charge in [-0.05, 0) is 54.1 Å². The van der Waals surface area contributed by atoms with E-state index in [9.17, 15) is 13.7 Å². The maximum atomic E-state index is 11.1. The van der Waals surface area contributed by atoms with E-state index in [0.29, 0.717) is 35.0 Å². The van der Waals surface area contributed by atoms with Crippen LogP contribution in [0.2, 0.25) is 0 Å². The third-order valence-corrected chi connectivity index (χ3v) is 5.25. The number of ether oxygens (including phenoxy) is 2. The molecule has 0 aliphatic rings. The Hall–Kier alpha value is -4.60. The lowest BCUT2D eigenvalue weighted by Gasteiger charge is -2.25. The molecule has 0 unspecified atom stereocenters. The SMILES string of the molecule is COc1ccc(Oc2cc(N(Cc3ccc(OS(N)(=O)=O)cc3)n3cnnc3)ccc2C#N)cc1. The Morgan fingerprint density at radius 2 is 1.60 bits per heavy atom. The highest BCUT2D eigenvalue weighted by atomic mass is 32.2. The van der Waals surface area contributed by atoms with Crippen molar-refractivity contribution in [3.63, 3.8) is 0 Å². The van der Waals surface area contributed by atoms with Crippen LogP contribution in [-0.4, -0.2) is 30.4 Å². The van der Waals surface area contributed by atoms with Crippen LogP contribution in [0.3, 0.4) is 0 Å². The van der Waals surface area contributed by atoms with Crippen LogP contribution in [0.5, 0.6) is 23.0 Å². The number of aromatic nitrogens is 3. The van der Waals surface area contributed by atoms with Gasteiger partial charge in [0, 0.05) is 6.07 Å². The Balaban J connectivity index is 1.64. The molecule has 0 aliphatic carbocycles. The summed E-state index contributed by atoms with van der Waals surface area (Å²) in [5, 5.41) is 24.1. The summed E-state index contributed by atoms with van der Waals surface area (Å²) in [6, 6.07) is 20.7. The zero-order chi connectivity index (χ0) is 24.8. The van der Waals surface area contributed by atoms with Crippen molar-refractivity contribution < 1.29 is 22.1 Å². The molecule has 178 valence electrons. The van der Waals surface area contributed by atoms with E-state index in [1.165, 1.54) is 24.8 Å². The van der Waals surface area contributed by atoms with E-state index in [2.05, 4.69) is 20.4 Å². The summed E-state index contributed by atoms with van der Waals surface area (Å²) in [4.78, 5) is 0. The molecule has 12 heteroatoms. The van der Waals surface area contributed by atoms with E-state index < -0.39 is 10.3 Å². The van der Waals surface area contributed by atoms with Gasteiger partial charge in [-0.3, -0.25) is 5.01 Å². The van der Waals surface area contributed by atoms with Gasteiger partial charge in [-0.1, -0.05) is 12.1 Å². The van der Waals surface area contributed by atoms with Gasteiger partial charge < -0.3 is 13.7 Å². The minimum absolute atomic E-state index is 0.0978. The molecule has 4 aromatic rings. The zero-order valence-corrected chi connectivity index (χ0v) is 19.3. The standard InChI is InChI=1S/C23H20N6O5S/c1-32-20-8-10-21(11-9-20)33-23-12-19(5-4-18(23)13-24)29(28-15-26-27-16-28)14-17-2-6-22(7-3-17)34-35(25,30)31/h2-12,15-16H,14H2,1H3,(H2,25,30,31). The number of hydrogen-bond donors (Lipinski definition) is 1. The Labute approximate surface area is 201 Å². The van der Waals surface area contributed by atoms with Crippen molar-refractivity contribution in [3.8, 4) is 29.1 Å². The molecule has 0 saturated heterocycles. The maximum Gasteiger partial charge on any atom is 0.380 e. The molecule has 2 N–H and O–H groups in total. The molecule has 0 amide bonds. The van der Waals surface area contributed by atoms with Crippen LogP contribution in [0.15, 0.2) is 79.4 Å². The second-order valence-electron chi connectivity index (χ2n) is 7.19. The molecule has 0 radical (unpaired) electrons. The second kappa shape index (κ2) is 10.1. The first-order chi connectivity index (χ1) is 16.8. The number of rotatable bonds is 9. The van der Waals surface area contributed by atoms with E-state index >= 15 is 0 Å². The molecule has 3 aromatic carbocycles. The minimum atomic E-state index is -4.11. The molecular weight excluding hydrogens is 472 g/mol. The highest BCUT2D eigenvalue weighted by molar-refractivity contribution is 7.84. The Kier molecular flexibility index (Phi) is 6.81. The first-order valence-corrected chi connectivity index (χ1v) is 11.6. The van der Waals surface area contributed by atoms with Gasteiger partial charge in [0.05, 0.1) is 24.9 Å². The number of nitrogens with zero attached hydrogens (tertiary/aromatic N) is 5. The van der Waals surface area contributed by atoms with E-state index in [0.717, 1.165) is 5.56 Å². The number of methoxy groups -OCH3 is 1. The van der Waals surface area contributed by atoms with Crippen molar-refractivity contribution >= 4 is 16.0 Å². The molecule has 0 atom stereocenters. The first-order valence-electron chi connectivity index (χ1n) is 10.1. The summed E-state index contributed by atoms with van der Waals surface area (Å²) in [5.74, 6) is 1.69. The number of nitrogens with two attached hydrogens (primary N) is 1. The minimum Gasteiger partial charge on any atom is -0.497 e. The second-order valence-corrected chi connectivity index (χ2v) is 8.34. The summed E-state index contributed by atoms with van der Waals surface area (Å²) in [7, 11) is -2.53. The molecule has 1 heterocycles. The van der Waals surface area contributed by atoms with Gasteiger partial charge in [-0.25, -0.2) is 4.68 Å². The normalized spacial score (nSPS) is 10.9. The Bertz CT molecular complexity index is 1430. The van der Waals surface area contributed by atoms with Gasteiger partial charge in [-0.2, -0.15) is 18.8 Å². The zero-order valence-electron chi connectivity index (χ0n) is 18.5. The molecule has 4 rings (SSSR count). The van der Waals surface area contributed by atoms with Crippen LogP contribution in [0, 0.1) is 11.3 Å². The van der Waals surface area contributed by atoms with Gasteiger partial charge in [0.25, 0.3) is 0 Å². The first kappa shape index (κ1) is 23.6. The lowest BCUT2D eigenvalue weighted by Crippen LogP contribution is -2.28. The quantitative estimate of drug-likeness (QED) is 0.372. The summed E-state index contributed by atoms with van der Waals surface area (Å²) < 4.78 is 39.8. The maximum absolute atomic E-state index is 11.1. The van der Waals surface area contributed by atoms with Crippen molar-refractivity contribution in [1.29, 1.82) is 5.26 Å². The van der Waals surface area contributed by atoms with E-state index in [-0.39, 0.29) is 5.75 Å². The molecule has 0 fully saturated rings. The monoisotopic (exact) mass is 492 g/mol. The molecule has 0 saturated carbocycles. The van der Waals surface area contributed by atoms with Gasteiger partial charge in [0.1, 0.15) is 41.7 Å². The number of nitriles is 1. The van der Waals surface area contributed by atoms with Crippen molar-refractivity contribution in [2.45, 2.75) is 6.54 Å². The highest BCUT2D eigenvalue weighted by Crippen LogP contribution is 2.31. The van der Waals surface area contributed by atoms with Crippen molar-refractivity contribution in [2.75, 3.05) is 12.1 Å². The molecule has 0 bridgehead atoms. The predicted molar refractivity (Wildman–Crippen MR) is 126 cm³/mol. The number of benzene rings is 3. The fraction of sp³-hybridized carbons (Fsp3) is 0.0870. The molecular formula is C23H20N6O5S. The summed E-state index contributed by atoms with van der Waals surface area (Å²) in [6.45, 7) is 0.349. The Morgan fingerprint density at radius 1 is 0.971 bits per heavy atom. The largest absolute Gasteiger partial charge is 0.497 e. The fourth-order valence-electron chi connectivity index (χ4n) is 3.20. The van der Waals surface area contributed by atoms with Crippen LogP contribution >= 0.6 is 0 Å². The molecule has 35 heavy (non-hydrogen) atoms. The molecule has 1 aromatic heterocycles. The van der Waals surface area contributed by atoms with Crippen LogP contribution in [0.4, 0.5) is 5.69 Å². The van der Waals surface area contributed by atoms with Crippen molar-refractivity contribution in [3.05, 3.63) is 90.5 Å². The lowest BCUT2D eigenvalue weighted by molar-refractivity contribution is 0.413. The number of anilines is 1. The molecule has 0 spiro atoms. The average Bonchev–Trinajstić information content (AvgIpc) is 3.38. The summed E-state index contributed by atoms with van der Waals surface area (Å²) in [6.07, 6.45) is 3.06. The van der Waals surface area contributed by atoms with E-state index in [4.69, 9.17) is 14.6 Å². The summed E-state index contributed by atoms with van der Waals surface area (Å²) >= 11 is 0. The molecule has 11 nitrogen and oxygen atoms in total. The summed E-state index contributed by atoms with van der Waals surface area (Å²) in [5.41, 5.74) is 1.87. The number of hydrogen-bond acceptors (Lipinski definition) is 9. The van der Waals surface area contributed by atoms with Crippen LogP contribution < -0.4 is 23.8 Å². The lowest BCUT2D eigenvalue weighted by atomic mass is 10.1. The Morgan fingerprint density at radius 3 is 2.20 bits per heavy atom. The van der Waals surface area contributed by atoms with Crippen LogP contribution in [-0.2, 0) is 16.8 Å². The van der Waals surface area contributed by atoms with E-state index in [1.54, 1.807) is 66.4 Å². The predicted octanol–water partition coefficient (Wildman–Crippen LogP) is 3.00. The van der Waals surface area contributed by atoms with Crippen molar-refractivity contribution in [2.24, 2.45) is 5.14 Å². The van der Waals surface area contributed by atoms with Gasteiger partial charge in [0.15, 0.2) is 0 Å². The third-order valence-electron chi connectivity index (χ3n) is 4.82. The topological polar surface area (TPSA) is 146 Å². The van der Waals surface area contributed by atoms with Gasteiger partial charge in [-0.15, -0.1) is 10.2 Å². The fourth-order valence-corrected chi connectivity index (χ4v) is 3.58.